The van der Waals surface area contributed by atoms with Crippen LogP contribution >= 0.6 is 0 Å². The summed E-state index contributed by atoms with van der Waals surface area (Å²) in [4.78, 5) is 46.4. The normalized spacial score (nSPS) is 22.3. The lowest BCUT2D eigenvalue weighted by molar-refractivity contribution is -0.384. The number of methoxy groups -OCH3 is 1. The molecule has 3 N–H and O–H groups in total. The minimum absolute atomic E-state index is 0.0121. The molecule has 17 nitrogen and oxygen atoms in total. The summed E-state index contributed by atoms with van der Waals surface area (Å²) in [6.45, 7) is 4.42. The Balaban J connectivity index is 1.28. The molecule has 364 valence electrons. The minimum Gasteiger partial charge on any atom is -0.459 e. The maximum absolute atomic E-state index is 14.4. The number of carbonyl (C=O) groups is 2. The molecule has 2 aliphatic heterocycles. The SMILES string of the molecule is C=CCOC12Oc3ccc(OC(=O)NCc4ccccc4)cc3C3C(CCCCO)C(CCCCO)C=C(C(=NOCc4ccc([N+](=O)[O-])cc4)CC1N(Cc1ccc4c(c1)OCO4)C(=O)OC)C32. The number of amides is 2. The predicted molar refractivity (Wildman–Crippen MR) is 253 cm³/mol. The highest BCUT2D eigenvalue weighted by molar-refractivity contribution is 6.03. The molecule has 17 heteroatoms. The van der Waals surface area contributed by atoms with Crippen LogP contribution in [-0.4, -0.2) is 83.5 Å². The molecule has 4 aromatic carbocycles. The van der Waals surface area contributed by atoms with Crippen LogP contribution in [0.1, 0.15) is 73.1 Å². The lowest BCUT2D eigenvalue weighted by Gasteiger charge is -2.59. The van der Waals surface area contributed by atoms with Gasteiger partial charge in [-0.05, 0) is 102 Å². The van der Waals surface area contributed by atoms with Crippen LogP contribution in [0.15, 0.2) is 120 Å². The number of rotatable bonds is 21. The fourth-order valence-electron chi connectivity index (χ4n) is 10.2. The van der Waals surface area contributed by atoms with Crippen LogP contribution < -0.4 is 24.3 Å². The first kappa shape index (κ1) is 48.5. The minimum atomic E-state index is -1.61. The highest BCUT2D eigenvalue weighted by Gasteiger charge is 2.65. The van der Waals surface area contributed by atoms with E-state index in [1.807, 2.05) is 48.5 Å². The lowest BCUT2D eigenvalue weighted by atomic mass is 9.55. The van der Waals surface area contributed by atoms with Crippen LogP contribution in [0, 0.1) is 27.9 Å². The molecule has 2 heterocycles. The number of nitro groups is 1. The first-order valence-electron chi connectivity index (χ1n) is 23.3. The van der Waals surface area contributed by atoms with Gasteiger partial charge in [-0.2, -0.15) is 0 Å². The molecule has 0 saturated heterocycles. The third kappa shape index (κ3) is 10.9. The molecule has 6 unspecified atom stereocenters. The van der Waals surface area contributed by atoms with Crippen molar-refractivity contribution in [1.82, 2.24) is 10.2 Å². The molecular formula is C52H58N4O13. The molecule has 2 amide bonds. The van der Waals surface area contributed by atoms with Crippen LogP contribution in [-0.2, 0) is 34.0 Å². The molecule has 0 bridgehead atoms. The highest BCUT2D eigenvalue weighted by Crippen LogP contribution is 2.62. The second-order valence-electron chi connectivity index (χ2n) is 17.5. The Morgan fingerprint density at radius 1 is 0.928 bits per heavy atom. The van der Waals surface area contributed by atoms with E-state index in [4.69, 9.17) is 38.4 Å². The molecule has 1 fully saturated rings. The van der Waals surface area contributed by atoms with E-state index in [2.05, 4.69) is 18.0 Å². The zero-order valence-corrected chi connectivity index (χ0v) is 38.5. The first-order chi connectivity index (χ1) is 33.7. The van der Waals surface area contributed by atoms with Gasteiger partial charge >= 0.3 is 12.2 Å². The first-order valence-corrected chi connectivity index (χ1v) is 23.3. The molecule has 8 rings (SSSR count). The monoisotopic (exact) mass is 946 g/mol. The average molecular weight is 947 g/mol. The fourth-order valence-corrected chi connectivity index (χ4v) is 10.2. The molecule has 4 aliphatic rings. The van der Waals surface area contributed by atoms with Crippen LogP contribution in [0.2, 0.25) is 0 Å². The Morgan fingerprint density at radius 2 is 1.67 bits per heavy atom. The Morgan fingerprint density at radius 3 is 2.41 bits per heavy atom. The Labute approximate surface area is 400 Å². The van der Waals surface area contributed by atoms with E-state index in [9.17, 15) is 29.9 Å². The number of nitrogens with zero attached hydrogens (tertiary/aromatic N) is 3. The van der Waals surface area contributed by atoms with Gasteiger partial charge in [-0.25, -0.2) is 9.59 Å². The predicted octanol–water partition coefficient (Wildman–Crippen LogP) is 8.71. The number of nitrogens with one attached hydrogen (secondary N) is 1. The van der Waals surface area contributed by atoms with E-state index in [-0.39, 0.29) is 76.0 Å². The number of allylic oxidation sites excluding steroid dienone is 1. The topological polar surface area (TPSA) is 210 Å². The van der Waals surface area contributed by atoms with Gasteiger partial charge in [0.25, 0.3) is 5.69 Å². The van der Waals surface area contributed by atoms with Crippen molar-refractivity contribution in [2.24, 2.45) is 22.9 Å². The molecule has 4 aromatic rings. The molecule has 6 atom stereocenters. The number of aliphatic hydroxyl groups excluding tert-OH is 2. The summed E-state index contributed by atoms with van der Waals surface area (Å²) >= 11 is 0. The summed E-state index contributed by atoms with van der Waals surface area (Å²) in [5.41, 5.74) is 4.27. The number of hydrogen-bond acceptors (Lipinski definition) is 14. The van der Waals surface area contributed by atoms with E-state index in [1.54, 1.807) is 41.3 Å². The smallest absolute Gasteiger partial charge is 0.412 e. The third-order valence-electron chi connectivity index (χ3n) is 13.3. The van der Waals surface area contributed by atoms with Gasteiger partial charge in [-0.15, -0.1) is 6.58 Å². The zero-order valence-electron chi connectivity index (χ0n) is 38.5. The third-order valence-corrected chi connectivity index (χ3v) is 13.3. The van der Waals surface area contributed by atoms with Crippen molar-refractivity contribution in [1.29, 1.82) is 0 Å². The van der Waals surface area contributed by atoms with Crippen LogP contribution in [0.3, 0.4) is 0 Å². The molecular weight excluding hydrogens is 889 g/mol. The number of non-ortho nitro benzene ring substituents is 1. The molecule has 0 spiro atoms. The molecule has 0 radical (unpaired) electrons. The standard InChI is InChI=1S/C52H58N4O13/c1-3-25-66-52-47(55(51(60)63-2)31-36-17-21-45-46(26-36)65-33-64-45)29-43(54-67-32-35-15-18-38(19-16-35)56(61)62)41-27-37(13-7-9-23-57)40(14-8-10-24-58)48(49(41)52)42-28-39(20-22-44(42)69-52)68-50(59)53-30-34-11-5-4-6-12-34/h3-6,11-12,15-22,26-28,37,40,47-49,57-58H,1,7-10,13-14,23-25,29-33H2,2H3,(H,53,59). The second-order valence-corrected chi connectivity index (χ2v) is 17.5. The number of unbranched alkanes of at least 4 members (excludes halogenated alkanes) is 2. The maximum atomic E-state index is 14.4. The van der Waals surface area contributed by atoms with Crippen molar-refractivity contribution in [3.63, 3.8) is 0 Å². The van der Waals surface area contributed by atoms with Crippen LogP contribution in [0.4, 0.5) is 15.3 Å². The summed E-state index contributed by atoms with van der Waals surface area (Å²) in [5.74, 6) is -1.02. The van der Waals surface area contributed by atoms with Gasteiger partial charge in [0, 0.05) is 56.3 Å². The number of oxime groups is 1. The maximum Gasteiger partial charge on any atom is 0.412 e. The fraction of sp³-hybridized carbons (Fsp3) is 0.404. The number of benzene rings is 4. The van der Waals surface area contributed by atoms with Crippen molar-refractivity contribution in [2.75, 3.05) is 33.7 Å². The Bertz CT molecular complexity index is 2520. The second kappa shape index (κ2) is 22.4. The van der Waals surface area contributed by atoms with E-state index in [0.29, 0.717) is 66.2 Å². The summed E-state index contributed by atoms with van der Waals surface area (Å²) in [5, 5.41) is 39.1. The van der Waals surface area contributed by atoms with E-state index >= 15 is 0 Å². The van der Waals surface area contributed by atoms with Gasteiger partial charge in [0.2, 0.25) is 12.6 Å². The van der Waals surface area contributed by atoms with Gasteiger partial charge in [-0.1, -0.05) is 66.5 Å². The summed E-state index contributed by atoms with van der Waals surface area (Å²) in [6.07, 6.45) is 6.59. The van der Waals surface area contributed by atoms with E-state index < -0.39 is 40.8 Å². The van der Waals surface area contributed by atoms with Gasteiger partial charge in [0.15, 0.2) is 11.5 Å². The van der Waals surface area contributed by atoms with Gasteiger partial charge in [0.1, 0.15) is 24.1 Å². The number of fused-ring (bicyclic) bond motifs is 3. The van der Waals surface area contributed by atoms with Crippen molar-refractivity contribution in [3.8, 4) is 23.0 Å². The van der Waals surface area contributed by atoms with Gasteiger partial charge in [-0.3, -0.25) is 15.0 Å². The van der Waals surface area contributed by atoms with Crippen molar-refractivity contribution < 1.29 is 58.0 Å². The van der Waals surface area contributed by atoms with Crippen molar-refractivity contribution in [2.45, 2.75) is 82.4 Å². The molecule has 0 aromatic heterocycles. The average Bonchev–Trinajstić information content (AvgIpc) is 3.84. The van der Waals surface area contributed by atoms with Crippen LogP contribution in [0.5, 0.6) is 23.0 Å². The van der Waals surface area contributed by atoms with Crippen molar-refractivity contribution in [3.05, 3.63) is 148 Å². The zero-order chi connectivity index (χ0) is 48.3. The summed E-state index contributed by atoms with van der Waals surface area (Å²) in [7, 11) is 1.31. The van der Waals surface area contributed by atoms with Gasteiger partial charge < -0.3 is 48.8 Å². The Hall–Kier alpha value is -6.95. The van der Waals surface area contributed by atoms with E-state index in [1.165, 1.54) is 19.2 Å². The summed E-state index contributed by atoms with van der Waals surface area (Å²) < 4.78 is 37.2. The summed E-state index contributed by atoms with van der Waals surface area (Å²) in [6, 6.07) is 25.3. The number of carbonyl (C=O) groups excluding carboxylic acids is 2. The number of ether oxygens (including phenoxy) is 6. The largest absolute Gasteiger partial charge is 0.459 e. The van der Waals surface area contributed by atoms with E-state index in [0.717, 1.165) is 23.1 Å². The quantitative estimate of drug-likeness (QED) is 0.0309. The number of hydrogen-bond donors (Lipinski definition) is 3. The lowest BCUT2D eigenvalue weighted by Crippen LogP contribution is -2.70. The highest BCUT2D eigenvalue weighted by atomic mass is 16.7. The van der Waals surface area contributed by atoms with Crippen LogP contribution in [0.25, 0.3) is 0 Å². The van der Waals surface area contributed by atoms with Crippen molar-refractivity contribution >= 4 is 23.6 Å². The van der Waals surface area contributed by atoms with Gasteiger partial charge in [0.05, 0.1) is 30.3 Å². The molecule has 1 saturated carbocycles. The number of aliphatic hydroxyl groups is 2. The molecule has 69 heavy (non-hydrogen) atoms. The number of nitro benzene ring substituents is 1. The Kier molecular flexibility index (Phi) is 15.8. The molecule has 2 aliphatic carbocycles.